The van der Waals surface area contributed by atoms with Gasteiger partial charge in [-0.25, -0.2) is 4.68 Å². The van der Waals surface area contributed by atoms with E-state index in [-0.39, 0.29) is 12.5 Å². The number of rotatable bonds is 11. The molecule has 0 atom stereocenters. The van der Waals surface area contributed by atoms with Gasteiger partial charge >= 0.3 is 6.18 Å². The summed E-state index contributed by atoms with van der Waals surface area (Å²) in [5.41, 5.74) is 2.84. The average Bonchev–Trinajstić information content (AvgIpc) is 3.38. The number of hydrogen-bond acceptors (Lipinski definition) is 6. The number of alkyl halides is 3. The zero-order chi connectivity index (χ0) is 29.4. The van der Waals surface area contributed by atoms with E-state index >= 15 is 0 Å². The molecule has 2 N–H and O–H groups in total. The summed E-state index contributed by atoms with van der Waals surface area (Å²) >= 11 is 0. The van der Waals surface area contributed by atoms with Gasteiger partial charge in [0, 0.05) is 56.0 Å². The lowest BCUT2D eigenvalue weighted by molar-refractivity contribution is -0.148. The Morgan fingerprint density at radius 1 is 1.07 bits per heavy atom. The Bertz CT molecular complexity index is 1250. The minimum absolute atomic E-state index is 0.109. The number of nitrogens with one attached hydrogen (secondary N) is 2. The molecule has 12 heteroatoms. The van der Waals surface area contributed by atoms with Crippen LogP contribution < -0.4 is 10.6 Å². The standard InChI is InChI=1S/C29H38F3N7O2/c1-3-39-26(21(2)22-12-18-38(19-13-22)25(40)11-14-29(30,31)32)35-28(36-39)34-24-9-7-23(8-10-24)27(41)33-15-20-37-16-5-4-6-17-37/h7-10,12H,2-6,11,13-20H2,1H3,(H,33,41)(H,34,36). The molecule has 222 valence electrons. The van der Waals surface area contributed by atoms with E-state index in [0.29, 0.717) is 49.0 Å². The maximum Gasteiger partial charge on any atom is 0.389 e. The number of allylic oxidation sites excluding steroid dienone is 1. The fourth-order valence-corrected chi connectivity index (χ4v) is 5.01. The summed E-state index contributed by atoms with van der Waals surface area (Å²) in [4.78, 5) is 33.1. The first kappa shape index (κ1) is 30.3. The molecule has 3 heterocycles. The summed E-state index contributed by atoms with van der Waals surface area (Å²) in [6.07, 6.45) is 0.00482. The van der Waals surface area contributed by atoms with E-state index < -0.39 is 24.9 Å². The van der Waals surface area contributed by atoms with Crippen molar-refractivity contribution in [1.82, 2.24) is 29.9 Å². The van der Waals surface area contributed by atoms with Crippen LogP contribution in [0.2, 0.25) is 0 Å². The maximum atomic E-state index is 12.5. The Morgan fingerprint density at radius 3 is 2.44 bits per heavy atom. The van der Waals surface area contributed by atoms with Crippen LogP contribution in [0.1, 0.15) is 61.6 Å². The first-order valence-corrected chi connectivity index (χ1v) is 14.2. The van der Waals surface area contributed by atoms with Crippen molar-refractivity contribution in [3.63, 3.8) is 0 Å². The number of carbonyl (C=O) groups excluding carboxylic acids is 2. The van der Waals surface area contributed by atoms with Crippen molar-refractivity contribution in [2.45, 2.75) is 58.2 Å². The molecule has 2 aliphatic rings. The molecule has 1 saturated heterocycles. The van der Waals surface area contributed by atoms with Crippen molar-refractivity contribution in [1.29, 1.82) is 0 Å². The minimum Gasteiger partial charge on any atom is -0.351 e. The van der Waals surface area contributed by atoms with Gasteiger partial charge in [0.15, 0.2) is 5.82 Å². The average molecular weight is 574 g/mol. The van der Waals surface area contributed by atoms with Gasteiger partial charge in [0.05, 0.1) is 6.42 Å². The number of halogens is 3. The number of aromatic nitrogens is 3. The van der Waals surface area contributed by atoms with Crippen molar-refractivity contribution in [2.24, 2.45) is 0 Å². The van der Waals surface area contributed by atoms with Gasteiger partial charge in [0.2, 0.25) is 11.9 Å². The SMILES string of the molecule is C=C(C1=CCN(C(=O)CCC(F)(F)F)CC1)c1nc(Nc2ccc(C(=O)NCCN3CCCCC3)cc2)nn1CC. The lowest BCUT2D eigenvalue weighted by atomic mass is 9.99. The zero-order valence-electron chi connectivity index (χ0n) is 23.5. The van der Waals surface area contributed by atoms with Crippen molar-refractivity contribution >= 4 is 29.0 Å². The molecule has 4 rings (SSSR count). The fraction of sp³-hybridized carbons (Fsp3) is 0.517. The molecule has 0 unspecified atom stereocenters. The van der Waals surface area contributed by atoms with Gasteiger partial charge in [-0.2, -0.15) is 18.2 Å². The van der Waals surface area contributed by atoms with E-state index in [2.05, 4.69) is 32.2 Å². The summed E-state index contributed by atoms with van der Waals surface area (Å²) in [5, 5.41) is 10.7. The van der Waals surface area contributed by atoms with Crippen molar-refractivity contribution in [3.8, 4) is 0 Å². The Labute approximate surface area is 238 Å². The number of likely N-dealkylation sites (tertiary alicyclic amines) is 1. The Morgan fingerprint density at radius 2 is 1.80 bits per heavy atom. The van der Waals surface area contributed by atoms with Gasteiger partial charge in [-0.1, -0.05) is 19.1 Å². The highest BCUT2D eigenvalue weighted by molar-refractivity contribution is 5.94. The number of aryl methyl sites for hydroxylation is 1. The normalized spacial score (nSPS) is 16.3. The summed E-state index contributed by atoms with van der Waals surface area (Å²) in [6.45, 7) is 10.9. The van der Waals surface area contributed by atoms with Crippen molar-refractivity contribution in [2.75, 3.05) is 44.6 Å². The van der Waals surface area contributed by atoms with Gasteiger partial charge in [0.25, 0.3) is 5.91 Å². The molecule has 9 nitrogen and oxygen atoms in total. The Balaban J connectivity index is 1.31. The van der Waals surface area contributed by atoms with Crippen LogP contribution in [-0.2, 0) is 11.3 Å². The molecular formula is C29H38F3N7O2. The predicted molar refractivity (Wildman–Crippen MR) is 152 cm³/mol. The molecule has 0 aliphatic carbocycles. The molecule has 1 aromatic heterocycles. The lowest BCUT2D eigenvalue weighted by Crippen LogP contribution is -2.37. The van der Waals surface area contributed by atoms with Crippen LogP contribution in [-0.4, -0.2) is 81.8 Å². The van der Waals surface area contributed by atoms with E-state index in [1.54, 1.807) is 28.9 Å². The maximum absolute atomic E-state index is 12.5. The third kappa shape index (κ3) is 8.66. The molecule has 1 fully saturated rings. The predicted octanol–water partition coefficient (Wildman–Crippen LogP) is 4.77. The summed E-state index contributed by atoms with van der Waals surface area (Å²) in [6, 6.07) is 7.11. The van der Waals surface area contributed by atoms with E-state index in [1.807, 2.05) is 13.0 Å². The van der Waals surface area contributed by atoms with E-state index in [4.69, 9.17) is 0 Å². The molecule has 0 spiro atoms. The van der Waals surface area contributed by atoms with Crippen LogP contribution >= 0.6 is 0 Å². The van der Waals surface area contributed by atoms with E-state index in [0.717, 1.165) is 30.9 Å². The van der Waals surface area contributed by atoms with Gasteiger partial charge in [-0.15, -0.1) is 5.10 Å². The number of benzene rings is 1. The van der Waals surface area contributed by atoms with Gasteiger partial charge in [0.1, 0.15) is 0 Å². The van der Waals surface area contributed by atoms with Crippen LogP contribution in [0.25, 0.3) is 5.57 Å². The quantitative estimate of drug-likeness (QED) is 0.402. The van der Waals surface area contributed by atoms with E-state index in [9.17, 15) is 22.8 Å². The molecular weight excluding hydrogens is 535 g/mol. The molecule has 0 radical (unpaired) electrons. The molecule has 41 heavy (non-hydrogen) atoms. The number of anilines is 2. The number of amides is 2. The molecule has 2 amide bonds. The number of carbonyl (C=O) groups is 2. The smallest absolute Gasteiger partial charge is 0.351 e. The molecule has 2 aliphatic heterocycles. The number of nitrogens with zero attached hydrogens (tertiary/aromatic N) is 5. The van der Waals surface area contributed by atoms with Crippen molar-refractivity contribution in [3.05, 3.63) is 53.9 Å². The third-order valence-corrected chi connectivity index (χ3v) is 7.38. The fourth-order valence-electron chi connectivity index (χ4n) is 5.01. The third-order valence-electron chi connectivity index (χ3n) is 7.38. The topological polar surface area (TPSA) is 95.4 Å². The van der Waals surface area contributed by atoms with Crippen LogP contribution in [0.15, 0.2) is 42.5 Å². The second kappa shape index (κ2) is 13.8. The van der Waals surface area contributed by atoms with Gasteiger partial charge in [-0.3, -0.25) is 9.59 Å². The highest BCUT2D eigenvalue weighted by Crippen LogP contribution is 2.28. The zero-order valence-corrected chi connectivity index (χ0v) is 23.5. The lowest BCUT2D eigenvalue weighted by Gasteiger charge is -2.27. The number of hydrogen-bond donors (Lipinski definition) is 2. The first-order valence-electron chi connectivity index (χ1n) is 14.2. The van der Waals surface area contributed by atoms with Crippen LogP contribution in [0, 0.1) is 0 Å². The summed E-state index contributed by atoms with van der Waals surface area (Å²) < 4.78 is 39.1. The Hall–Kier alpha value is -3.67. The molecule has 1 aromatic carbocycles. The van der Waals surface area contributed by atoms with Gasteiger partial charge < -0.3 is 20.4 Å². The van der Waals surface area contributed by atoms with Crippen molar-refractivity contribution < 1.29 is 22.8 Å². The minimum atomic E-state index is -4.35. The largest absolute Gasteiger partial charge is 0.389 e. The monoisotopic (exact) mass is 573 g/mol. The van der Waals surface area contributed by atoms with Crippen LogP contribution in [0.5, 0.6) is 0 Å². The highest BCUT2D eigenvalue weighted by Gasteiger charge is 2.30. The summed E-state index contributed by atoms with van der Waals surface area (Å²) in [5.74, 6) is 0.333. The van der Waals surface area contributed by atoms with Gasteiger partial charge in [-0.05, 0) is 69.1 Å². The Kier molecular flexibility index (Phi) is 10.2. The van der Waals surface area contributed by atoms with E-state index in [1.165, 1.54) is 24.2 Å². The van der Waals surface area contributed by atoms with Crippen LogP contribution in [0.4, 0.5) is 24.8 Å². The molecule has 0 bridgehead atoms. The molecule has 0 saturated carbocycles. The summed E-state index contributed by atoms with van der Waals surface area (Å²) in [7, 11) is 0. The van der Waals surface area contributed by atoms with Crippen LogP contribution in [0.3, 0.4) is 0 Å². The number of piperidine rings is 1. The second-order valence-corrected chi connectivity index (χ2v) is 10.3. The highest BCUT2D eigenvalue weighted by atomic mass is 19.4. The molecule has 2 aromatic rings. The second-order valence-electron chi connectivity index (χ2n) is 10.3. The first-order chi connectivity index (χ1) is 19.6.